The Morgan fingerprint density at radius 3 is 2.31 bits per heavy atom. The van der Waals surface area contributed by atoms with Crippen LogP contribution in [0.1, 0.15) is 39.5 Å². The Morgan fingerprint density at radius 2 is 1.75 bits per heavy atom. The van der Waals surface area contributed by atoms with Crippen molar-refractivity contribution in [2.75, 3.05) is 32.2 Å². The maximum absolute atomic E-state index is 5.72. The summed E-state index contributed by atoms with van der Waals surface area (Å²) in [6.45, 7) is 7.47. The normalized spacial score (nSPS) is 19.5. The van der Waals surface area contributed by atoms with Crippen molar-refractivity contribution in [2.45, 2.75) is 39.5 Å². The van der Waals surface area contributed by atoms with Gasteiger partial charge in [-0.3, -0.25) is 0 Å². The first kappa shape index (κ1) is 14.3. The van der Waals surface area contributed by atoms with Gasteiger partial charge in [-0.15, -0.1) is 0 Å². The van der Waals surface area contributed by atoms with Crippen molar-refractivity contribution >= 4 is 12.6 Å². The van der Waals surface area contributed by atoms with Gasteiger partial charge in [-0.1, -0.05) is 26.7 Å². The highest BCUT2D eigenvalue weighted by molar-refractivity contribution is 7.80. The van der Waals surface area contributed by atoms with Crippen LogP contribution in [0.4, 0.5) is 0 Å². The van der Waals surface area contributed by atoms with Crippen molar-refractivity contribution in [3.05, 3.63) is 0 Å². The van der Waals surface area contributed by atoms with Gasteiger partial charge >= 0.3 is 0 Å². The van der Waals surface area contributed by atoms with Gasteiger partial charge in [-0.05, 0) is 24.5 Å². The lowest BCUT2D eigenvalue weighted by Gasteiger charge is -2.26. The third-order valence-corrected chi connectivity index (χ3v) is 3.90. The summed E-state index contributed by atoms with van der Waals surface area (Å²) in [7, 11) is 0. The fraction of sp³-hybridized carbons (Fsp3) is 1.00. The molecule has 0 aliphatic heterocycles. The third kappa shape index (κ3) is 5.07. The van der Waals surface area contributed by atoms with Gasteiger partial charge in [0, 0.05) is 12.0 Å². The van der Waals surface area contributed by atoms with Gasteiger partial charge in [0.2, 0.25) is 0 Å². The standard InChI is InChI=1S/C13H26O2S/c1-12(2)9-14-7-8-15-10-13(11-16)5-3-4-6-13/h12,16H,3-11H2,1-2H3. The molecule has 0 heterocycles. The number of hydrogen-bond acceptors (Lipinski definition) is 3. The second-order valence-corrected chi connectivity index (χ2v) is 5.70. The van der Waals surface area contributed by atoms with Gasteiger partial charge in [0.15, 0.2) is 0 Å². The van der Waals surface area contributed by atoms with E-state index in [0.717, 1.165) is 32.2 Å². The van der Waals surface area contributed by atoms with E-state index >= 15 is 0 Å². The zero-order valence-electron chi connectivity index (χ0n) is 10.7. The van der Waals surface area contributed by atoms with Crippen LogP contribution in [0.3, 0.4) is 0 Å². The van der Waals surface area contributed by atoms with E-state index in [2.05, 4.69) is 26.5 Å². The molecule has 16 heavy (non-hydrogen) atoms. The van der Waals surface area contributed by atoms with Crippen LogP contribution < -0.4 is 0 Å². The number of rotatable bonds is 8. The van der Waals surface area contributed by atoms with Crippen LogP contribution in [-0.2, 0) is 9.47 Å². The summed E-state index contributed by atoms with van der Waals surface area (Å²) >= 11 is 4.46. The Hall–Kier alpha value is 0.270. The topological polar surface area (TPSA) is 18.5 Å². The Morgan fingerprint density at radius 1 is 1.12 bits per heavy atom. The van der Waals surface area contributed by atoms with Gasteiger partial charge in [-0.25, -0.2) is 0 Å². The fourth-order valence-corrected chi connectivity index (χ4v) is 2.61. The summed E-state index contributed by atoms with van der Waals surface area (Å²) in [5.74, 6) is 1.57. The second-order valence-electron chi connectivity index (χ2n) is 5.39. The van der Waals surface area contributed by atoms with Crippen molar-refractivity contribution in [1.29, 1.82) is 0 Å². The molecule has 0 aromatic rings. The largest absolute Gasteiger partial charge is 0.379 e. The van der Waals surface area contributed by atoms with E-state index < -0.39 is 0 Å². The monoisotopic (exact) mass is 246 g/mol. The van der Waals surface area contributed by atoms with Crippen molar-refractivity contribution in [3.8, 4) is 0 Å². The average Bonchev–Trinajstić information content (AvgIpc) is 2.72. The molecule has 0 unspecified atom stereocenters. The number of ether oxygens (including phenoxy) is 2. The number of thiol groups is 1. The summed E-state index contributed by atoms with van der Waals surface area (Å²) in [6, 6.07) is 0. The molecule has 2 nitrogen and oxygen atoms in total. The van der Waals surface area contributed by atoms with Gasteiger partial charge in [0.05, 0.1) is 19.8 Å². The van der Waals surface area contributed by atoms with Crippen LogP contribution in [0.2, 0.25) is 0 Å². The maximum Gasteiger partial charge on any atom is 0.0700 e. The highest BCUT2D eigenvalue weighted by Crippen LogP contribution is 2.39. The van der Waals surface area contributed by atoms with Crippen LogP contribution in [0, 0.1) is 11.3 Å². The van der Waals surface area contributed by atoms with Gasteiger partial charge in [0.25, 0.3) is 0 Å². The summed E-state index contributed by atoms with van der Waals surface area (Å²) in [5, 5.41) is 0. The zero-order chi connectivity index (χ0) is 11.9. The molecule has 1 aliphatic carbocycles. The van der Waals surface area contributed by atoms with Gasteiger partial charge < -0.3 is 9.47 Å². The molecule has 0 bridgehead atoms. The lowest BCUT2D eigenvalue weighted by molar-refractivity contribution is 0.00744. The first-order valence-corrected chi connectivity index (χ1v) is 7.08. The molecule has 96 valence electrons. The summed E-state index contributed by atoms with van der Waals surface area (Å²) < 4.78 is 11.2. The zero-order valence-corrected chi connectivity index (χ0v) is 11.6. The van der Waals surface area contributed by atoms with Crippen LogP contribution in [0.5, 0.6) is 0 Å². The van der Waals surface area contributed by atoms with Gasteiger partial charge in [-0.2, -0.15) is 12.6 Å². The second kappa shape index (κ2) is 7.57. The quantitative estimate of drug-likeness (QED) is 0.524. The molecule has 1 saturated carbocycles. The molecule has 3 heteroatoms. The fourth-order valence-electron chi connectivity index (χ4n) is 2.20. The molecule has 0 radical (unpaired) electrons. The molecule has 0 saturated heterocycles. The summed E-state index contributed by atoms with van der Waals surface area (Å²) in [4.78, 5) is 0. The summed E-state index contributed by atoms with van der Waals surface area (Å²) in [5.41, 5.74) is 0.362. The Bertz CT molecular complexity index is 177. The molecule has 0 aromatic heterocycles. The highest BCUT2D eigenvalue weighted by Gasteiger charge is 2.32. The molecular formula is C13H26O2S. The smallest absolute Gasteiger partial charge is 0.0700 e. The van der Waals surface area contributed by atoms with Crippen LogP contribution in [0.25, 0.3) is 0 Å². The van der Waals surface area contributed by atoms with E-state index in [0.29, 0.717) is 11.3 Å². The first-order chi connectivity index (χ1) is 7.68. The van der Waals surface area contributed by atoms with Crippen LogP contribution in [-0.4, -0.2) is 32.2 Å². The van der Waals surface area contributed by atoms with Gasteiger partial charge in [0.1, 0.15) is 0 Å². The molecular weight excluding hydrogens is 220 g/mol. The molecule has 1 fully saturated rings. The highest BCUT2D eigenvalue weighted by atomic mass is 32.1. The summed E-state index contributed by atoms with van der Waals surface area (Å²) in [6.07, 6.45) is 5.24. The molecule has 0 N–H and O–H groups in total. The molecule has 0 spiro atoms. The minimum absolute atomic E-state index is 0.362. The van der Waals surface area contributed by atoms with E-state index in [4.69, 9.17) is 9.47 Å². The Balaban J connectivity index is 2.01. The van der Waals surface area contributed by atoms with Crippen LogP contribution in [0.15, 0.2) is 0 Å². The van der Waals surface area contributed by atoms with Crippen molar-refractivity contribution in [1.82, 2.24) is 0 Å². The van der Waals surface area contributed by atoms with Crippen molar-refractivity contribution < 1.29 is 9.47 Å². The lowest BCUT2D eigenvalue weighted by atomic mass is 9.90. The minimum Gasteiger partial charge on any atom is -0.379 e. The average molecular weight is 246 g/mol. The van der Waals surface area contributed by atoms with E-state index in [1.807, 2.05) is 0 Å². The van der Waals surface area contributed by atoms with Crippen molar-refractivity contribution in [3.63, 3.8) is 0 Å². The molecule has 1 aliphatic rings. The SMILES string of the molecule is CC(C)COCCOCC1(CS)CCCC1. The third-order valence-electron chi connectivity index (χ3n) is 3.23. The number of hydrogen-bond donors (Lipinski definition) is 1. The molecule has 0 aromatic carbocycles. The van der Waals surface area contributed by atoms with Crippen molar-refractivity contribution in [2.24, 2.45) is 11.3 Å². The maximum atomic E-state index is 5.72. The molecule has 0 atom stereocenters. The predicted octanol–water partition coefficient (Wildman–Crippen LogP) is 3.17. The molecule has 1 rings (SSSR count). The lowest BCUT2D eigenvalue weighted by Crippen LogP contribution is -2.26. The van der Waals surface area contributed by atoms with Crippen LogP contribution >= 0.6 is 12.6 Å². The van der Waals surface area contributed by atoms with E-state index in [1.54, 1.807) is 0 Å². The first-order valence-electron chi connectivity index (χ1n) is 6.45. The Labute approximate surface area is 105 Å². The van der Waals surface area contributed by atoms with E-state index in [1.165, 1.54) is 25.7 Å². The predicted molar refractivity (Wildman–Crippen MR) is 71.2 cm³/mol. The van der Waals surface area contributed by atoms with E-state index in [9.17, 15) is 0 Å². The minimum atomic E-state index is 0.362. The van der Waals surface area contributed by atoms with E-state index in [-0.39, 0.29) is 0 Å². The Kier molecular flexibility index (Phi) is 6.78. The molecule has 0 amide bonds.